The predicted octanol–water partition coefficient (Wildman–Crippen LogP) is 3.88. The monoisotopic (exact) mass is 404 g/mol. The number of hydrogen-bond acceptors (Lipinski definition) is 0. The largest absolute Gasteiger partial charge is 2.00 e. The summed E-state index contributed by atoms with van der Waals surface area (Å²) < 4.78 is 0. The van der Waals surface area contributed by atoms with Gasteiger partial charge in [0.25, 0.3) is 0 Å². The molecule has 0 radical (unpaired) electrons. The molecule has 2 atom stereocenters. The fourth-order valence-electron chi connectivity index (χ4n) is 3.07. The van der Waals surface area contributed by atoms with Crippen molar-refractivity contribution in [3.05, 3.63) is 13.3 Å². The summed E-state index contributed by atoms with van der Waals surface area (Å²) in [5.41, 5.74) is 1.24. The maximum Gasteiger partial charge on any atom is 2.00 e. The van der Waals surface area contributed by atoms with Gasteiger partial charge in [-0.05, 0) is 0 Å². The van der Waals surface area contributed by atoms with Crippen LogP contribution in [0.15, 0.2) is 0 Å². The molecule has 2 rings (SSSR count). The molecular formula is C12H22U. The average molecular weight is 404 g/mol. The van der Waals surface area contributed by atoms with Crippen molar-refractivity contribution in [2.75, 3.05) is 0 Å². The molecule has 13 heavy (non-hydrogen) atoms. The van der Waals surface area contributed by atoms with E-state index in [0.717, 1.165) is 5.92 Å². The van der Waals surface area contributed by atoms with E-state index in [0.29, 0.717) is 10.8 Å². The first-order valence-electron chi connectivity index (χ1n) is 5.09. The van der Waals surface area contributed by atoms with E-state index in [4.69, 9.17) is 0 Å². The van der Waals surface area contributed by atoms with Crippen LogP contribution in [0, 0.1) is 61.2 Å². The van der Waals surface area contributed by atoms with E-state index < -0.39 is 0 Å². The van der Waals surface area contributed by atoms with Crippen molar-refractivity contribution in [2.24, 2.45) is 16.7 Å². The van der Waals surface area contributed by atoms with Crippen LogP contribution < -0.4 is 0 Å². The Bertz CT molecular complexity index is 160. The van der Waals surface area contributed by atoms with E-state index in [1.54, 1.807) is 6.92 Å². The molecule has 0 amide bonds. The Labute approximate surface area is 108 Å². The van der Waals surface area contributed by atoms with E-state index in [1.807, 2.05) is 0 Å². The third-order valence-electron chi connectivity index (χ3n) is 3.49. The van der Waals surface area contributed by atoms with Crippen molar-refractivity contribution in [3.8, 4) is 0 Å². The SMILES string of the molecule is CC12[CH-]C(CC1)C(C)(C)C2.[CH2-]C.[U+2]. The minimum Gasteiger partial charge on any atom is -0.346 e. The maximum atomic E-state index is 3.25. The van der Waals surface area contributed by atoms with Crippen LogP contribution in [0.25, 0.3) is 0 Å². The summed E-state index contributed by atoms with van der Waals surface area (Å²) in [7, 11) is 0. The Morgan fingerprint density at radius 3 is 1.92 bits per heavy atom. The second-order valence-electron chi connectivity index (χ2n) is 5.13. The Morgan fingerprint density at radius 2 is 1.77 bits per heavy atom. The Kier molecular flexibility index (Phi) is 5.10. The molecule has 0 aromatic heterocycles. The van der Waals surface area contributed by atoms with Crippen molar-refractivity contribution >= 4 is 0 Å². The van der Waals surface area contributed by atoms with Gasteiger partial charge in [0.15, 0.2) is 0 Å². The quantitative estimate of drug-likeness (QED) is 0.538. The average Bonchev–Trinajstić information content (AvgIpc) is 2.43. The van der Waals surface area contributed by atoms with Crippen LogP contribution in [0.5, 0.6) is 0 Å². The van der Waals surface area contributed by atoms with Crippen molar-refractivity contribution in [1.29, 1.82) is 0 Å². The van der Waals surface area contributed by atoms with Gasteiger partial charge >= 0.3 is 31.1 Å². The van der Waals surface area contributed by atoms with Crippen molar-refractivity contribution in [1.82, 2.24) is 0 Å². The second-order valence-corrected chi connectivity index (χ2v) is 5.13. The first kappa shape index (κ1) is 14.1. The smallest absolute Gasteiger partial charge is 0.346 e. The Morgan fingerprint density at radius 1 is 1.23 bits per heavy atom. The standard InChI is InChI=1S/C10H17.C2H5.U/c1-9(2)7-10(3)5-4-8(9)6-10;1-2;/h6,8H,4-5,7H2,1-3H3;1H2,2H3;/q2*-1;+2. The molecule has 0 N–H and O–H groups in total. The molecule has 2 aliphatic rings. The molecule has 0 spiro atoms. The summed E-state index contributed by atoms with van der Waals surface area (Å²) in [5.74, 6) is 0.928. The number of fused-ring (bicyclic) bond motifs is 2. The van der Waals surface area contributed by atoms with Crippen LogP contribution in [-0.4, -0.2) is 0 Å². The van der Waals surface area contributed by atoms with Crippen molar-refractivity contribution < 1.29 is 31.1 Å². The van der Waals surface area contributed by atoms with Crippen LogP contribution in [0.3, 0.4) is 0 Å². The second kappa shape index (κ2) is 4.71. The number of hydrogen-bond donors (Lipinski definition) is 0. The molecule has 0 heterocycles. The Hall–Kier alpha value is 1.05. The zero-order valence-electron chi connectivity index (χ0n) is 9.48. The topological polar surface area (TPSA) is 0 Å². The molecular weight excluding hydrogens is 382 g/mol. The molecule has 74 valence electrons. The molecule has 2 bridgehead atoms. The molecule has 0 aromatic carbocycles. The van der Waals surface area contributed by atoms with Gasteiger partial charge in [0.05, 0.1) is 0 Å². The van der Waals surface area contributed by atoms with Crippen LogP contribution in [-0.2, 0) is 0 Å². The molecule has 2 aliphatic carbocycles. The van der Waals surface area contributed by atoms with Gasteiger partial charge in [-0.3, -0.25) is 0 Å². The molecule has 0 aromatic rings. The van der Waals surface area contributed by atoms with E-state index in [9.17, 15) is 0 Å². The molecule has 2 saturated carbocycles. The summed E-state index contributed by atoms with van der Waals surface area (Å²) in [6, 6.07) is 0. The van der Waals surface area contributed by atoms with E-state index in [2.05, 4.69) is 34.1 Å². The fourth-order valence-corrected chi connectivity index (χ4v) is 3.07. The molecule has 2 fully saturated rings. The summed E-state index contributed by atoms with van der Waals surface area (Å²) >= 11 is 0. The zero-order valence-corrected chi connectivity index (χ0v) is 13.6. The van der Waals surface area contributed by atoms with E-state index in [-0.39, 0.29) is 31.1 Å². The Balaban J connectivity index is 0.000000451. The van der Waals surface area contributed by atoms with Crippen LogP contribution >= 0.6 is 0 Å². The summed E-state index contributed by atoms with van der Waals surface area (Å²) in [5, 5.41) is 0. The van der Waals surface area contributed by atoms with Crippen LogP contribution in [0.1, 0.15) is 47.0 Å². The molecule has 0 aliphatic heterocycles. The fraction of sp³-hybridized carbons (Fsp3) is 0.833. The third kappa shape index (κ3) is 2.76. The minimum atomic E-state index is 0. The van der Waals surface area contributed by atoms with Gasteiger partial charge in [-0.2, -0.15) is 18.3 Å². The summed E-state index contributed by atoms with van der Waals surface area (Å²) in [6.07, 6.45) is 6.92. The van der Waals surface area contributed by atoms with Crippen LogP contribution in [0.4, 0.5) is 0 Å². The summed E-state index contributed by atoms with van der Waals surface area (Å²) in [4.78, 5) is 0. The van der Waals surface area contributed by atoms with Gasteiger partial charge in [0.2, 0.25) is 0 Å². The van der Waals surface area contributed by atoms with Gasteiger partial charge in [-0.15, -0.1) is 0 Å². The first-order chi connectivity index (χ1) is 5.52. The molecule has 2 unspecified atom stereocenters. The van der Waals surface area contributed by atoms with E-state index in [1.165, 1.54) is 19.3 Å². The van der Waals surface area contributed by atoms with E-state index >= 15 is 0 Å². The van der Waals surface area contributed by atoms with Gasteiger partial charge < -0.3 is 13.3 Å². The molecule has 0 nitrogen and oxygen atoms in total. The third-order valence-corrected chi connectivity index (χ3v) is 3.49. The summed E-state index contributed by atoms with van der Waals surface area (Å²) in [6.45, 7) is 12.2. The zero-order chi connectivity index (χ0) is 9.41. The minimum absolute atomic E-state index is 0. The van der Waals surface area contributed by atoms with Gasteiger partial charge in [-0.1, -0.05) is 45.4 Å². The first-order valence-corrected chi connectivity index (χ1v) is 5.09. The van der Waals surface area contributed by atoms with Crippen molar-refractivity contribution in [3.63, 3.8) is 0 Å². The van der Waals surface area contributed by atoms with Crippen molar-refractivity contribution in [2.45, 2.75) is 47.0 Å². The van der Waals surface area contributed by atoms with Crippen LogP contribution in [0.2, 0.25) is 0 Å². The molecule has 0 saturated heterocycles. The predicted molar refractivity (Wildman–Crippen MR) is 54.6 cm³/mol. The van der Waals surface area contributed by atoms with Gasteiger partial charge in [0.1, 0.15) is 0 Å². The van der Waals surface area contributed by atoms with Gasteiger partial charge in [-0.25, -0.2) is 0 Å². The maximum absolute atomic E-state index is 3.25. The normalized spacial score (nSPS) is 39.0. The number of rotatable bonds is 0. The van der Waals surface area contributed by atoms with Gasteiger partial charge in [0, 0.05) is 0 Å². The molecule has 1 heteroatoms.